The molecule has 0 saturated heterocycles. The van der Waals surface area contributed by atoms with E-state index in [2.05, 4.69) is 49.4 Å². The van der Waals surface area contributed by atoms with Gasteiger partial charge in [0.1, 0.15) is 0 Å². The Morgan fingerprint density at radius 3 is 2.71 bits per heavy atom. The Morgan fingerprint density at radius 2 is 1.94 bits per heavy atom. The maximum absolute atomic E-state index is 3.28. The van der Waals surface area contributed by atoms with Crippen molar-refractivity contribution in [1.29, 1.82) is 0 Å². The van der Waals surface area contributed by atoms with E-state index in [-0.39, 0.29) is 0 Å². The van der Waals surface area contributed by atoms with E-state index in [9.17, 15) is 0 Å². The molecule has 0 aliphatic heterocycles. The van der Waals surface area contributed by atoms with Gasteiger partial charge in [0.2, 0.25) is 0 Å². The molecule has 2 aromatic rings. The molecule has 1 radical (unpaired) electrons. The summed E-state index contributed by atoms with van der Waals surface area (Å²) in [7, 11) is 0. The summed E-state index contributed by atoms with van der Waals surface area (Å²) in [6.45, 7) is 2.25. The molecule has 0 nitrogen and oxygen atoms in total. The molecule has 0 aliphatic rings. The van der Waals surface area contributed by atoms with Gasteiger partial charge in [-0.05, 0) is 35.6 Å². The Kier molecular flexibility index (Phi) is 4.37. The summed E-state index contributed by atoms with van der Waals surface area (Å²) in [6.07, 6.45) is 5.08. The fourth-order valence-electron chi connectivity index (χ4n) is 2.05. The van der Waals surface area contributed by atoms with Gasteiger partial charge in [-0.25, -0.2) is 0 Å². The van der Waals surface area contributed by atoms with Crippen LogP contribution < -0.4 is 0 Å². The van der Waals surface area contributed by atoms with E-state index in [1.807, 2.05) is 12.1 Å². The summed E-state index contributed by atoms with van der Waals surface area (Å²) >= 11 is 0. The van der Waals surface area contributed by atoms with Gasteiger partial charge in [0, 0.05) is 0 Å². The van der Waals surface area contributed by atoms with Crippen molar-refractivity contribution in [2.45, 2.75) is 32.6 Å². The number of unbranched alkanes of at least 4 members (excludes halogenated alkanes) is 2. The zero-order valence-electron chi connectivity index (χ0n) is 10.4. The molecular weight excluding hydrogens is 204 g/mol. The van der Waals surface area contributed by atoms with Crippen LogP contribution in [0.5, 0.6) is 0 Å². The lowest BCUT2D eigenvalue weighted by Gasteiger charge is -2.05. The minimum atomic E-state index is 1.19. The van der Waals surface area contributed by atoms with Crippen molar-refractivity contribution in [2.75, 3.05) is 0 Å². The van der Waals surface area contributed by atoms with Crippen LogP contribution in [0.4, 0.5) is 0 Å². The lowest BCUT2D eigenvalue weighted by molar-refractivity contribution is 0.717. The monoisotopic (exact) mass is 223 g/mol. The minimum absolute atomic E-state index is 1.19. The molecule has 2 rings (SSSR count). The number of hydrogen-bond acceptors (Lipinski definition) is 0. The quantitative estimate of drug-likeness (QED) is 0.633. The van der Waals surface area contributed by atoms with Crippen LogP contribution in [-0.4, -0.2) is 0 Å². The molecule has 87 valence electrons. The van der Waals surface area contributed by atoms with Gasteiger partial charge >= 0.3 is 0 Å². The van der Waals surface area contributed by atoms with E-state index >= 15 is 0 Å². The minimum Gasteiger partial charge on any atom is -0.0654 e. The third-order valence-corrected chi connectivity index (χ3v) is 3.02. The van der Waals surface area contributed by atoms with Crippen LogP contribution in [0.1, 0.15) is 31.7 Å². The van der Waals surface area contributed by atoms with E-state index in [1.54, 1.807) is 0 Å². The topological polar surface area (TPSA) is 0 Å². The second-order valence-electron chi connectivity index (χ2n) is 4.43. The summed E-state index contributed by atoms with van der Waals surface area (Å²) in [4.78, 5) is 0. The third kappa shape index (κ3) is 3.45. The van der Waals surface area contributed by atoms with Crippen LogP contribution in [0.3, 0.4) is 0 Å². The molecule has 0 aliphatic carbocycles. The van der Waals surface area contributed by atoms with Crippen LogP contribution in [-0.2, 0) is 6.42 Å². The molecule has 0 N–H and O–H groups in total. The van der Waals surface area contributed by atoms with Gasteiger partial charge in [-0.15, -0.1) is 0 Å². The SMILES string of the molecule is CCCCCc1cccc(-c2[c]cccc2)c1. The van der Waals surface area contributed by atoms with Gasteiger partial charge in [-0.1, -0.05) is 68.3 Å². The Balaban J connectivity index is 2.12. The highest BCUT2D eigenvalue weighted by Gasteiger charge is 1.98. The average molecular weight is 223 g/mol. The van der Waals surface area contributed by atoms with Crippen LogP contribution in [0.2, 0.25) is 0 Å². The van der Waals surface area contributed by atoms with Crippen molar-refractivity contribution in [3.05, 3.63) is 60.2 Å². The van der Waals surface area contributed by atoms with Crippen LogP contribution in [0.25, 0.3) is 11.1 Å². The van der Waals surface area contributed by atoms with E-state index in [4.69, 9.17) is 0 Å². The normalized spacial score (nSPS) is 10.4. The standard InChI is InChI=1S/C17H19/c1-2-3-5-9-15-10-8-13-17(14-15)16-11-6-4-7-12-16/h4,6-8,10-11,13-14H,2-3,5,9H2,1H3. The first-order valence-electron chi connectivity index (χ1n) is 6.46. The maximum atomic E-state index is 3.28. The largest absolute Gasteiger partial charge is 0.0654 e. The average Bonchev–Trinajstić information content (AvgIpc) is 2.41. The maximum Gasteiger partial charge on any atom is -0.00992 e. The second kappa shape index (κ2) is 6.24. The summed E-state index contributed by atoms with van der Waals surface area (Å²) in [5.74, 6) is 0. The molecule has 0 aromatic heterocycles. The molecule has 0 heterocycles. The molecule has 0 unspecified atom stereocenters. The van der Waals surface area contributed by atoms with E-state index in [0.29, 0.717) is 0 Å². The van der Waals surface area contributed by atoms with Crippen molar-refractivity contribution in [2.24, 2.45) is 0 Å². The molecular formula is C17H19. The van der Waals surface area contributed by atoms with Crippen molar-refractivity contribution in [1.82, 2.24) is 0 Å². The van der Waals surface area contributed by atoms with E-state index in [0.717, 1.165) is 0 Å². The van der Waals surface area contributed by atoms with Gasteiger partial charge in [0.05, 0.1) is 0 Å². The summed E-state index contributed by atoms with van der Waals surface area (Å²) in [6, 6.07) is 20.3. The smallest absolute Gasteiger partial charge is 0.00992 e. The molecule has 0 bridgehead atoms. The molecule has 0 amide bonds. The lowest BCUT2D eigenvalue weighted by Crippen LogP contribution is -1.86. The summed E-state index contributed by atoms with van der Waals surface area (Å²) in [5.41, 5.74) is 3.90. The highest BCUT2D eigenvalue weighted by Crippen LogP contribution is 2.20. The van der Waals surface area contributed by atoms with Gasteiger partial charge in [0.15, 0.2) is 0 Å². The summed E-state index contributed by atoms with van der Waals surface area (Å²) < 4.78 is 0. The first-order valence-corrected chi connectivity index (χ1v) is 6.46. The zero-order chi connectivity index (χ0) is 11.9. The Hall–Kier alpha value is -1.56. The predicted octanol–water partition coefficient (Wildman–Crippen LogP) is 4.89. The van der Waals surface area contributed by atoms with Gasteiger partial charge < -0.3 is 0 Å². The zero-order valence-corrected chi connectivity index (χ0v) is 10.4. The molecule has 0 spiro atoms. The van der Waals surface area contributed by atoms with Crippen LogP contribution in [0.15, 0.2) is 48.5 Å². The van der Waals surface area contributed by atoms with Gasteiger partial charge in [-0.2, -0.15) is 0 Å². The predicted molar refractivity (Wildman–Crippen MR) is 73.9 cm³/mol. The number of rotatable bonds is 5. The first kappa shape index (κ1) is 11.9. The number of benzene rings is 2. The van der Waals surface area contributed by atoms with Crippen molar-refractivity contribution in [3.8, 4) is 11.1 Å². The highest BCUT2D eigenvalue weighted by atomic mass is 14.0. The van der Waals surface area contributed by atoms with Crippen molar-refractivity contribution >= 4 is 0 Å². The molecule has 0 saturated carbocycles. The van der Waals surface area contributed by atoms with E-state index in [1.165, 1.54) is 42.4 Å². The molecule has 0 heteroatoms. The number of hydrogen-bond donors (Lipinski definition) is 0. The van der Waals surface area contributed by atoms with E-state index < -0.39 is 0 Å². The number of aryl methyl sites for hydroxylation is 1. The summed E-state index contributed by atoms with van der Waals surface area (Å²) in [5, 5.41) is 0. The fraction of sp³-hybridized carbons (Fsp3) is 0.294. The third-order valence-electron chi connectivity index (χ3n) is 3.02. The Morgan fingerprint density at radius 1 is 1.00 bits per heavy atom. The Bertz CT molecular complexity index is 443. The van der Waals surface area contributed by atoms with Gasteiger partial charge in [0.25, 0.3) is 0 Å². The molecule has 0 atom stereocenters. The van der Waals surface area contributed by atoms with Gasteiger partial charge in [-0.3, -0.25) is 0 Å². The van der Waals surface area contributed by atoms with Crippen LogP contribution in [0, 0.1) is 6.07 Å². The molecule has 0 fully saturated rings. The second-order valence-corrected chi connectivity index (χ2v) is 4.43. The highest BCUT2D eigenvalue weighted by molar-refractivity contribution is 5.63. The van der Waals surface area contributed by atoms with Crippen molar-refractivity contribution in [3.63, 3.8) is 0 Å². The lowest BCUT2D eigenvalue weighted by atomic mass is 10.0. The first-order chi connectivity index (χ1) is 8.40. The molecule has 17 heavy (non-hydrogen) atoms. The van der Waals surface area contributed by atoms with Crippen LogP contribution >= 0.6 is 0 Å². The molecule has 2 aromatic carbocycles. The fourth-order valence-corrected chi connectivity index (χ4v) is 2.05. The Labute approximate surface area is 104 Å². The van der Waals surface area contributed by atoms with Crippen molar-refractivity contribution < 1.29 is 0 Å².